The molecule has 0 aromatic heterocycles. The smallest absolute Gasteiger partial charge is 0.132 e. The Morgan fingerprint density at radius 1 is 1.07 bits per heavy atom. The molecule has 0 bridgehead atoms. The predicted molar refractivity (Wildman–Crippen MR) is 116 cm³/mol. The summed E-state index contributed by atoms with van der Waals surface area (Å²) in [6.45, 7) is 2.70. The van der Waals surface area contributed by atoms with Crippen molar-refractivity contribution in [3.8, 4) is 23.0 Å². The molecule has 4 nitrogen and oxygen atoms in total. The number of aromatic hydroxyl groups is 1. The lowest BCUT2D eigenvalue weighted by Crippen LogP contribution is -2.34. The zero-order valence-corrected chi connectivity index (χ0v) is 17.4. The highest BCUT2D eigenvalue weighted by atomic mass is 16.5. The summed E-state index contributed by atoms with van der Waals surface area (Å²) in [6, 6.07) is 20.1. The first-order chi connectivity index (χ1) is 14.6. The van der Waals surface area contributed by atoms with E-state index >= 15 is 0 Å². The SMILES string of the molecule is COc1ccc(C2COc3c(ccc4c3CCC(C)(c3ccccc3)O4)C2)c(O)c1. The fourth-order valence-corrected chi connectivity index (χ4v) is 4.69. The lowest BCUT2D eigenvalue weighted by molar-refractivity contribution is 0.0609. The number of rotatable bonds is 3. The average Bonchev–Trinajstić information content (AvgIpc) is 2.79. The molecular formula is C26H26O4. The highest BCUT2D eigenvalue weighted by Gasteiger charge is 2.36. The second kappa shape index (κ2) is 7.28. The summed E-state index contributed by atoms with van der Waals surface area (Å²) in [7, 11) is 1.60. The number of phenolic OH excluding ortho intramolecular Hbond substituents is 1. The van der Waals surface area contributed by atoms with Gasteiger partial charge in [0.15, 0.2) is 0 Å². The summed E-state index contributed by atoms with van der Waals surface area (Å²) in [4.78, 5) is 0. The first-order valence-electron chi connectivity index (χ1n) is 10.5. The quantitative estimate of drug-likeness (QED) is 0.641. The monoisotopic (exact) mass is 402 g/mol. The van der Waals surface area contributed by atoms with Gasteiger partial charge in [-0.25, -0.2) is 0 Å². The maximum atomic E-state index is 10.4. The third-order valence-corrected chi connectivity index (χ3v) is 6.44. The van der Waals surface area contributed by atoms with E-state index in [4.69, 9.17) is 14.2 Å². The summed E-state index contributed by atoms with van der Waals surface area (Å²) in [6.07, 6.45) is 2.66. The number of hydrogen-bond acceptors (Lipinski definition) is 4. The third-order valence-electron chi connectivity index (χ3n) is 6.44. The Morgan fingerprint density at radius 3 is 2.67 bits per heavy atom. The maximum absolute atomic E-state index is 10.4. The minimum absolute atomic E-state index is 0.112. The molecule has 4 heteroatoms. The standard InChI is InChI=1S/C26H26O4/c1-26(19-6-4-3-5-7-19)13-12-22-24(30-26)11-8-17-14-18(16-29-25(17)22)21-10-9-20(28-2)15-23(21)27/h3-11,15,18,27H,12-14,16H2,1-2H3. The highest BCUT2D eigenvalue weighted by Crippen LogP contribution is 2.47. The average molecular weight is 402 g/mol. The van der Waals surface area contributed by atoms with Crippen LogP contribution in [0, 0.1) is 0 Å². The van der Waals surface area contributed by atoms with E-state index in [9.17, 15) is 5.11 Å². The summed E-state index contributed by atoms with van der Waals surface area (Å²) in [5, 5.41) is 10.4. The highest BCUT2D eigenvalue weighted by molar-refractivity contribution is 5.54. The molecule has 0 spiro atoms. The fourth-order valence-electron chi connectivity index (χ4n) is 4.69. The van der Waals surface area contributed by atoms with Gasteiger partial charge in [0.2, 0.25) is 0 Å². The number of ether oxygens (including phenoxy) is 3. The molecule has 0 fully saturated rings. The molecule has 5 rings (SSSR count). The van der Waals surface area contributed by atoms with E-state index < -0.39 is 0 Å². The molecular weight excluding hydrogens is 376 g/mol. The summed E-state index contributed by atoms with van der Waals surface area (Å²) < 4.78 is 17.9. The van der Waals surface area contributed by atoms with E-state index in [-0.39, 0.29) is 17.3 Å². The van der Waals surface area contributed by atoms with E-state index in [1.807, 2.05) is 18.2 Å². The maximum Gasteiger partial charge on any atom is 0.132 e. The Labute approximate surface area is 177 Å². The molecule has 0 radical (unpaired) electrons. The molecule has 3 aromatic rings. The molecule has 0 amide bonds. The van der Waals surface area contributed by atoms with Gasteiger partial charge < -0.3 is 19.3 Å². The van der Waals surface area contributed by atoms with Gasteiger partial charge in [-0.05, 0) is 49.4 Å². The summed E-state index contributed by atoms with van der Waals surface area (Å²) in [5.74, 6) is 2.90. The van der Waals surface area contributed by atoms with Gasteiger partial charge in [-0.2, -0.15) is 0 Å². The largest absolute Gasteiger partial charge is 0.508 e. The molecule has 2 heterocycles. The Balaban J connectivity index is 1.42. The predicted octanol–water partition coefficient (Wildman–Crippen LogP) is 5.36. The van der Waals surface area contributed by atoms with Crippen molar-refractivity contribution >= 4 is 0 Å². The Hall–Kier alpha value is -3.14. The van der Waals surface area contributed by atoms with E-state index in [0.717, 1.165) is 36.3 Å². The van der Waals surface area contributed by atoms with Crippen molar-refractivity contribution in [2.75, 3.05) is 13.7 Å². The van der Waals surface area contributed by atoms with Crippen LogP contribution >= 0.6 is 0 Å². The topological polar surface area (TPSA) is 47.9 Å². The minimum atomic E-state index is -0.325. The normalized spacial score (nSPS) is 22.3. The van der Waals surface area contributed by atoms with Crippen LogP contribution in [-0.4, -0.2) is 18.8 Å². The molecule has 2 aliphatic rings. The second-order valence-corrected chi connectivity index (χ2v) is 8.37. The Kier molecular flexibility index (Phi) is 4.58. The second-order valence-electron chi connectivity index (χ2n) is 8.37. The molecule has 2 unspecified atom stereocenters. The molecule has 0 saturated heterocycles. The van der Waals surface area contributed by atoms with Crippen molar-refractivity contribution < 1.29 is 19.3 Å². The first kappa shape index (κ1) is 18.9. The molecule has 3 aromatic carbocycles. The van der Waals surface area contributed by atoms with Crippen LogP contribution in [0.3, 0.4) is 0 Å². The van der Waals surface area contributed by atoms with Gasteiger partial charge in [0, 0.05) is 23.1 Å². The zero-order valence-electron chi connectivity index (χ0n) is 17.4. The summed E-state index contributed by atoms with van der Waals surface area (Å²) >= 11 is 0. The number of benzene rings is 3. The zero-order chi connectivity index (χ0) is 20.7. The van der Waals surface area contributed by atoms with E-state index in [1.54, 1.807) is 13.2 Å². The fraction of sp³-hybridized carbons (Fsp3) is 0.308. The Bertz CT molecular complexity index is 1080. The van der Waals surface area contributed by atoms with Crippen LogP contribution in [0.2, 0.25) is 0 Å². The van der Waals surface area contributed by atoms with Crippen LogP contribution in [-0.2, 0) is 18.4 Å². The van der Waals surface area contributed by atoms with Crippen LogP contribution in [0.25, 0.3) is 0 Å². The molecule has 2 aliphatic heterocycles. The van der Waals surface area contributed by atoms with Crippen molar-refractivity contribution in [1.29, 1.82) is 0 Å². The van der Waals surface area contributed by atoms with Gasteiger partial charge in [-0.1, -0.05) is 42.5 Å². The van der Waals surface area contributed by atoms with Gasteiger partial charge in [0.25, 0.3) is 0 Å². The number of phenols is 1. The third kappa shape index (κ3) is 3.17. The van der Waals surface area contributed by atoms with Crippen LogP contribution in [0.5, 0.6) is 23.0 Å². The van der Waals surface area contributed by atoms with Gasteiger partial charge in [-0.3, -0.25) is 0 Å². The molecule has 2 atom stereocenters. The molecule has 0 saturated carbocycles. The lowest BCUT2D eigenvalue weighted by Gasteiger charge is -2.38. The molecule has 154 valence electrons. The van der Waals surface area contributed by atoms with E-state index in [0.29, 0.717) is 12.4 Å². The molecule has 30 heavy (non-hydrogen) atoms. The van der Waals surface area contributed by atoms with E-state index in [1.165, 1.54) is 16.7 Å². The number of methoxy groups -OCH3 is 1. The van der Waals surface area contributed by atoms with Gasteiger partial charge in [0.1, 0.15) is 28.6 Å². The first-order valence-corrected chi connectivity index (χ1v) is 10.5. The van der Waals surface area contributed by atoms with Crippen molar-refractivity contribution in [2.45, 2.75) is 37.7 Å². The number of fused-ring (bicyclic) bond motifs is 3. The van der Waals surface area contributed by atoms with Crippen LogP contribution in [0.1, 0.15) is 41.5 Å². The van der Waals surface area contributed by atoms with Crippen molar-refractivity contribution in [3.05, 3.63) is 82.9 Å². The molecule has 1 N–H and O–H groups in total. The Morgan fingerprint density at radius 2 is 1.90 bits per heavy atom. The van der Waals surface area contributed by atoms with Crippen molar-refractivity contribution in [3.63, 3.8) is 0 Å². The minimum Gasteiger partial charge on any atom is -0.508 e. The summed E-state index contributed by atoms with van der Waals surface area (Å²) in [5.41, 5.74) is 4.11. The van der Waals surface area contributed by atoms with Gasteiger partial charge in [0.05, 0.1) is 13.7 Å². The lowest BCUT2D eigenvalue weighted by atomic mass is 9.83. The van der Waals surface area contributed by atoms with Crippen LogP contribution < -0.4 is 14.2 Å². The van der Waals surface area contributed by atoms with Crippen LogP contribution in [0.4, 0.5) is 0 Å². The van der Waals surface area contributed by atoms with Crippen LogP contribution in [0.15, 0.2) is 60.7 Å². The van der Waals surface area contributed by atoms with Gasteiger partial charge in [-0.15, -0.1) is 0 Å². The molecule has 0 aliphatic carbocycles. The van der Waals surface area contributed by atoms with Crippen molar-refractivity contribution in [1.82, 2.24) is 0 Å². The number of hydrogen-bond donors (Lipinski definition) is 1. The van der Waals surface area contributed by atoms with Crippen molar-refractivity contribution in [2.24, 2.45) is 0 Å². The van der Waals surface area contributed by atoms with E-state index in [2.05, 4.69) is 43.3 Å². The van der Waals surface area contributed by atoms with Gasteiger partial charge >= 0.3 is 0 Å².